The number of allylic oxidation sites excluding steroid dienone is 1. The molecule has 100 valence electrons. The fourth-order valence-corrected chi connectivity index (χ4v) is 2.44. The molecule has 0 spiro atoms. The molecule has 2 heterocycles. The van der Waals surface area contributed by atoms with Crippen LogP contribution in [0.2, 0.25) is 0 Å². The van der Waals surface area contributed by atoms with Gasteiger partial charge in [0.05, 0.1) is 5.69 Å². The fraction of sp³-hybridized carbons (Fsp3) is 0.467. The first-order chi connectivity index (χ1) is 9.33. The van der Waals surface area contributed by atoms with Gasteiger partial charge in [-0.05, 0) is 37.8 Å². The Kier molecular flexibility index (Phi) is 3.49. The summed E-state index contributed by atoms with van der Waals surface area (Å²) in [5, 5.41) is 0. The number of hydrogen-bond acceptors (Lipinski definition) is 3. The second-order valence-corrected chi connectivity index (χ2v) is 5.07. The van der Waals surface area contributed by atoms with Crippen molar-refractivity contribution in [3.8, 4) is 0 Å². The second-order valence-electron chi connectivity index (χ2n) is 5.07. The number of aromatic nitrogens is 1. The Morgan fingerprint density at radius 2 is 1.89 bits per heavy atom. The van der Waals surface area contributed by atoms with E-state index in [9.17, 15) is 4.79 Å². The van der Waals surface area contributed by atoms with Gasteiger partial charge in [-0.25, -0.2) is 4.79 Å². The van der Waals surface area contributed by atoms with E-state index < -0.39 is 0 Å². The predicted octanol–water partition coefficient (Wildman–Crippen LogP) is 2.90. The summed E-state index contributed by atoms with van der Waals surface area (Å²) in [6.45, 7) is 1.84. The molecule has 3 rings (SSSR count). The van der Waals surface area contributed by atoms with Gasteiger partial charge < -0.3 is 9.64 Å². The molecule has 4 nitrogen and oxygen atoms in total. The minimum atomic E-state index is -0.217. The maximum Gasteiger partial charge on any atom is 0.410 e. The molecule has 0 atom stereocenters. The molecule has 1 aliphatic carbocycles. The number of hydrogen-bond donors (Lipinski definition) is 0. The predicted molar refractivity (Wildman–Crippen MR) is 71.5 cm³/mol. The number of carbonyl (C=O) groups is 1. The zero-order valence-electron chi connectivity index (χ0n) is 11.0. The SMILES string of the molecule is O=C(OCc1ccccn1)N1CCC(=C2CC2)CC1. The van der Waals surface area contributed by atoms with Crippen LogP contribution in [0.5, 0.6) is 0 Å². The third kappa shape index (κ3) is 3.13. The van der Waals surface area contributed by atoms with Crippen LogP contribution in [0.3, 0.4) is 0 Å². The van der Waals surface area contributed by atoms with E-state index in [1.54, 1.807) is 22.2 Å². The molecule has 0 N–H and O–H groups in total. The highest BCUT2D eigenvalue weighted by atomic mass is 16.6. The number of nitrogens with zero attached hydrogens (tertiary/aromatic N) is 2. The van der Waals surface area contributed by atoms with E-state index in [2.05, 4.69) is 4.98 Å². The molecular formula is C15H18N2O2. The normalized spacial score (nSPS) is 18.4. The van der Waals surface area contributed by atoms with Crippen molar-refractivity contribution in [2.45, 2.75) is 32.3 Å². The molecule has 1 aromatic rings. The van der Waals surface area contributed by atoms with Gasteiger partial charge in [-0.1, -0.05) is 17.2 Å². The highest BCUT2D eigenvalue weighted by Crippen LogP contribution is 2.36. The molecule has 2 aliphatic rings. The quantitative estimate of drug-likeness (QED) is 0.766. The van der Waals surface area contributed by atoms with Gasteiger partial charge in [0.15, 0.2) is 0 Å². The average molecular weight is 258 g/mol. The number of carbonyl (C=O) groups excluding carboxylic acids is 1. The van der Waals surface area contributed by atoms with Gasteiger partial charge in [0.1, 0.15) is 6.61 Å². The minimum Gasteiger partial charge on any atom is -0.443 e. The molecule has 0 bridgehead atoms. The van der Waals surface area contributed by atoms with Crippen LogP contribution < -0.4 is 0 Å². The third-order valence-corrected chi connectivity index (χ3v) is 3.69. The lowest BCUT2D eigenvalue weighted by Crippen LogP contribution is -2.36. The molecular weight excluding hydrogens is 240 g/mol. The van der Waals surface area contributed by atoms with Crippen molar-refractivity contribution >= 4 is 6.09 Å². The van der Waals surface area contributed by atoms with E-state index in [-0.39, 0.29) is 12.7 Å². The summed E-state index contributed by atoms with van der Waals surface area (Å²) in [6, 6.07) is 5.60. The van der Waals surface area contributed by atoms with Gasteiger partial charge in [0.25, 0.3) is 0 Å². The first-order valence-corrected chi connectivity index (χ1v) is 6.84. The molecule has 0 aromatic carbocycles. The lowest BCUT2D eigenvalue weighted by atomic mass is 10.0. The molecule has 1 amide bonds. The standard InChI is InChI=1S/C15H18N2O2/c18-15(19-11-14-3-1-2-8-16-14)17-9-6-13(7-10-17)12-4-5-12/h1-3,8H,4-7,9-11H2. The van der Waals surface area contributed by atoms with Crippen LogP contribution in [0.4, 0.5) is 4.79 Å². The van der Waals surface area contributed by atoms with E-state index in [0.29, 0.717) is 0 Å². The Labute approximate surface area is 113 Å². The Balaban J connectivity index is 1.47. The summed E-state index contributed by atoms with van der Waals surface area (Å²) in [5.41, 5.74) is 3.99. The van der Waals surface area contributed by atoms with Crippen LogP contribution in [0.1, 0.15) is 31.4 Å². The largest absolute Gasteiger partial charge is 0.443 e. The van der Waals surface area contributed by atoms with Crippen LogP contribution in [-0.4, -0.2) is 29.1 Å². The lowest BCUT2D eigenvalue weighted by molar-refractivity contribution is 0.0924. The molecule has 19 heavy (non-hydrogen) atoms. The number of piperidine rings is 1. The van der Waals surface area contributed by atoms with Crippen molar-refractivity contribution in [2.75, 3.05) is 13.1 Å². The zero-order valence-corrected chi connectivity index (χ0v) is 11.0. The zero-order chi connectivity index (χ0) is 13.1. The van der Waals surface area contributed by atoms with Crippen LogP contribution in [0.25, 0.3) is 0 Å². The molecule has 2 fully saturated rings. The number of ether oxygens (including phenoxy) is 1. The molecule has 0 radical (unpaired) electrons. The van der Waals surface area contributed by atoms with Gasteiger partial charge in [0, 0.05) is 19.3 Å². The number of rotatable bonds is 2. The Morgan fingerprint density at radius 3 is 2.53 bits per heavy atom. The van der Waals surface area contributed by atoms with Crippen molar-refractivity contribution < 1.29 is 9.53 Å². The smallest absolute Gasteiger partial charge is 0.410 e. The van der Waals surface area contributed by atoms with E-state index in [4.69, 9.17) is 4.74 Å². The van der Waals surface area contributed by atoms with E-state index in [1.165, 1.54) is 12.8 Å². The van der Waals surface area contributed by atoms with Gasteiger partial charge in [-0.2, -0.15) is 0 Å². The first kappa shape index (κ1) is 12.2. The van der Waals surface area contributed by atoms with Crippen LogP contribution in [0, 0.1) is 0 Å². The summed E-state index contributed by atoms with van der Waals surface area (Å²) >= 11 is 0. The first-order valence-electron chi connectivity index (χ1n) is 6.84. The van der Waals surface area contributed by atoms with Crippen LogP contribution in [-0.2, 0) is 11.3 Å². The molecule has 4 heteroatoms. The Morgan fingerprint density at radius 1 is 1.16 bits per heavy atom. The summed E-state index contributed by atoms with van der Waals surface area (Å²) in [7, 11) is 0. The maximum atomic E-state index is 11.9. The van der Waals surface area contributed by atoms with Gasteiger partial charge in [-0.3, -0.25) is 4.98 Å². The third-order valence-electron chi connectivity index (χ3n) is 3.69. The Hall–Kier alpha value is -1.84. The number of likely N-dealkylation sites (tertiary alicyclic amines) is 1. The highest BCUT2D eigenvalue weighted by molar-refractivity contribution is 5.67. The van der Waals surface area contributed by atoms with Crippen molar-refractivity contribution in [3.63, 3.8) is 0 Å². The monoisotopic (exact) mass is 258 g/mol. The average Bonchev–Trinajstić information content (AvgIpc) is 3.31. The van der Waals surface area contributed by atoms with E-state index >= 15 is 0 Å². The summed E-state index contributed by atoms with van der Waals surface area (Å²) in [4.78, 5) is 17.9. The van der Waals surface area contributed by atoms with Gasteiger partial charge in [0.2, 0.25) is 0 Å². The maximum absolute atomic E-state index is 11.9. The van der Waals surface area contributed by atoms with Crippen LogP contribution >= 0.6 is 0 Å². The summed E-state index contributed by atoms with van der Waals surface area (Å²) in [6.07, 6.45) is 6.09. The second kappa shape index (κ2) is 5.43. The fourth-order valence-electron chi connectivity index (χ4n) is 2.44. The molecule has 1 saturated carbocycles. The number of amides is 1. The van der Waals surface area contributed by atoms with Crippen molar-refractivity contribution in [3.05, 3.63) is 41.2 Å². The summed E-state index contributed by atoms with van der Waals surface area (Å²) < 4.78 is 5.29. The van der Waals surface area contributed by atoms with Crippen LogP contribution in [0.15, 0.2) is 35.5 Å². The Bertz CT molecular complexity index is 480. The van der Waals surface area contributed by atoms with Gasteiger partial charge >= 0.3 is 6.09 Å². The van der Waals surface area contributed by atoms with E-state index in [0.717, 1.165) is 31.6 Å². The van der Waals surface area contributed by atoms with Crippen molar-refractivity contribution in [2.24, 2.45) is 0 Å². The molecule has 1 saturated heterocycles. The van der Waals surface area contributed by atoms with Crippen molar-refractivity contribution in [1.82, 2.24) is 9.88 Å². The molecule has 1 aromatic heterocycles. The minimum absolute atomic E-state index is 0.217. The highest BCUT2D eigenvalue weighted by Gasteiger charge is 2.24. The topological polar surface area (TPSA) is 42.4 Å². The van der Waals surface area contributed by atoms with Gasteiger partial charge in [-0.15, -0.1) is 0 Å². The van der Waals surface area contributed by atoms with E-state index in [1.807, 2.05) is 18.2 Å². The molecule has 1 aliphatic heterocycles. The summed E-state index contributed by atoms with van der Waals surface area (Å²) in [5.74, 6) is 0. The van der Waals surface area contributed by atoms with Crippen molar-refractivity contribution in [1.29, 1.82) is 0 Å². The lowest BCUT2D eigenvalue weighted by Gasteiger charge is -2.27. The molecule has 0 unspecified atom stereocenters. The number of pyridine rings is 1.